The summed E-state index contributed by atoms with van der Waals surface area (Å²) in [6, 6.07) is 8.80. The predicted molar refractivity (Wildman–Crippen MR) is 82.5 cm³/mol. The number of amides is 2. The molecule has 0 spiro atoms. The van der Waals surface area contributed by atoms with Crippen LogP contribution in [0.2, 0.25) is 0 Å². The van der Waals surface area contributed by atoms with Gasteiger partial charge in [-0.15, -0.1) is 0 Å². The number of hydrogen-bond acceptors (Lipinski definition) is 3. The summed E-state index contributed by atoms with van der Waals surface area (Å²) in [5.74, 6) is -1.58. The first-order valence-corrected chi connectivity index (χ1v) is 7.26. The summed E-state index contributed by atoms with van der Waals surface area (Å²) in [6.45, 7) is 3.54. The molecule has 1 aromatic carbocycles. The van der Waals surface area contributed by atoms with Crippen LogP contribution >= 0.6 is 0 Å². The van der Waals surface area contributed by atoms with Crippen LogP contribution in [0.25, 0.3) is 0 Å². The van der Waals surface area contributed by atoms with Crippen molar-refractivity contribution in [1.29, 1.82) is 0 Å². The number of hydrogen-bond donors (Lipinski definition) is 3. The van der Waals surface area contributed by atoms with Gasteiger partial charge in [-0.3, -0.25) is 9.59 Å². The molecule has 0 aliphatic rings. The molecule has 0 radical (unpaired) electrons. The largest absolute Gasteiger partial charge is 0.480 e. The van der Waals surface area contributed by atoms with Gasteiger partial charge in [-0.05, 0) is 31.9 Å². The number of nitrogens with one attached hydrogen (secondary N) is 2. The lowest BCUT2D eigenvalue weighted by Crippen LogP contribution is -2.51. The molecule has 0 aliphatic heterocycles. The monoisotopic (exact) mass is 306 g/mol. The van der Waals surface area contributed by atoms with Gasteiger partial charge in [-0.1, -0.05) is 25.1 Å². The number of carboxylic acid groups (broad SMARTS) is 1. The average molecular weight is 306 g/mol. The molecular formula is C16H22N2O4. The normalized spacial score (nSPS) is 13.0. The molecule has 1 unspecified atom stereocenters. The standard InChI is InChI=1S/C16H22N2O4/c1-3-16(2,15(21)22)18-13(19)10-7-11-17-14(20)12-8-5-4-6-9-12/h4-6,8-9H,3,7,10-11H2,1-2H3,(H,17,20)(H,18,19)(H,21,22). The molecule has 1 atom stereocenters. The van der Waals surface area contributed by atoms with E-state index in [0.29, 0.717) is 24.9 Å². The zero-order valence-electron chi connectivity index (χ0n) is 12.9. The third-order valence-electron chi connectivity index (χ3n) is 3.50. The molecule has 0 fully saturated rings. The highest BCUT2D eigenvalue weighted by Gasteiger charge is 2.32. The molecular weight excluding hydrogens is 284 g/mol. The summed E-state index contributed by atoms with van der Waals surface area (Å²) >= 11 is 0. The average Bonchev–Trinajstić information content (AvgIpc) is 2.51. The van der Waals surface area contributed by atoms with Crippen LogP contribution in [-0.4, -0.2) is 35.0 Å². The summed E-state index contributed by atoms with van der Waals surface area (Å²) in [4.78, 5) is 34.6. The Morgan fingerprint density at radius 1 is 1.18 bits per heavy atom. The van der Waals surface area contributed by atoms with E-state index < -0.39 is 11.5 Å². The molecule has 22 heavy (non-hydrogen) atoms. The first kappa shape index (κ1) is 17.7. The zero-order chi connectivity index (χ0) is 16.6. The van der Waals surface area contributed by atoms with Crippen LogP contribution in [0.15, 0.2) is 30.3 Å². The van der Waals surface area contributed by atoms with Crippen LogP contribution < -0.4 is 10.6 Å². The maximum Gasteiger partial charge on any atom is 0.329 e. The zero-order valence-corrected chi connectivity index (χ0v) is 12.9. The van der Waals surface area contributed by atoms with Crippen molar-refractivity contribution < 1.29 is 19.5 Å². The third-order valence-corrected chi connectivity index (χ3v) is 3.50. The molecule has 1 aromatic rings. The summed E-state index contributed by atoms with van der Waals surface area (Å²) in [5, 5.41) is 14.3. The topological polar surface area (TPSA) is 95.5 Å². The van der Waals surface area contributed by atoms with E-state index in [9.17, 15) is 14.4 Å². The number of benzene rings is 1. The molecule has 1 rings (SSSR count). The lowest BCUT2D eigenvalue weighted by Gasteiger charge is -2.24. The highest BCUT2D eigenvalue weighted by Crippen LogP contribution is 2.09. The molecule has 2 amide bonds. The van der Waals surface area contributed by atoms with Crippen LogP contribution in [0.1, 0.15) is 43.5 Å². The molecule has 0 aliphatic carbocycles. The molecule has 0 aromatic heterocycles. The Kier molecular flexibility index (Phi) is 6.56. The van der Waals surface area contributed by atoms with Crippen molar-refractivity contribution in [3.63, 3.8) is 0 Å². The van der Waals surface area contributed by atoms with Gasteiger partial charge in [0.15, 0.2) is 0 Å². The van der Waals surface area contributed by atoms with Crippen LogP contribution in [-0.2, 0) is 9.59 Å². The molecule has 6 nitrogen and oxygen atoms in total. The lowest BCUT2D eigenvalue weighted by atomic mass is 9.99. The van der Waals surface area contributed by atoms with Gasteiger partial charge < -0.3 is 15.7 Å². The van der Waals surface area contributed by atoms with E-state index >= 15 is 0 Å². The van der Waals surface area contributed by atoms with Crippen molar-refractivity contribution in [1.82, 2.24) is 10.6 Å². The van der Waals surface area contributed by atoms with Crippen molar-refractivity contribution in [2.24, 2.45) is 0 Å². The molecule has 6 heteroatoms. The van der Waals surface area contributed by atoms with E-state index in [0.717, 1.165) is 0 Å². The van der Waals surface area contributed by atoms with E-state index in [2.05, 4.69) is 10.6 Å². The second kappa shape index (κ2) is 8.17. The Balaban J connectivity index is 2.31. The molecule has 0 heterocycles. The minimum atomic E-state index is -1.25. The fraction of sp³-hybridized carbons (Fsp3) is 0.438. The van der Waals surface area contributed by atoms with Gasteiger partial charge in [0.25, 0.3) is 5.91 Å². The molecule has 120 valence electrons. The molecule has 3 N–H and O–H groups in total. The Morgan fingerprint density at radius 2 is 1.82 bits per heavy atom. The Hall–Kier alpha value is -2.37. The SMILES string of the molecule is CCC(C)(NC(=O)CCCNC(=O)c1ccccc1)C(=O)O. The fourth-order valence-corrected chi connectivity index (χ4v) is 1.81. The molecule has 0 saturated heterocycles. The first-order chi connectivity index (χ1) is 10.4. The van der Waals surface area contributed by atoms with E-state index in [4.69, 9.17) is 5.11 Å². The highest BCUT2D eigenvalue weighted by atomic mass is 16.4. The second-order valence-corrected chi connectivity index (χ2v) is 5.26. The smallest absolute Gasteiger partial charge is 0.329 e. The Morgan fingerprint density at radius 3 is 2.36 bits per heavy atom. The van der Waals surface area contributed by atoms with Gasteiger partial charge in [-0.25, -0.2) is 4.79 Å². The molecule has 0 saturated carbocycles. The summed E-state index contributed by atoms with van der Waals surface area (Å²) in [6.07, 6.45) is 0.917. The quantitative estimate of drug-likeness (QED) is 0.635. The van der Waals surface area contributed by atoms with E-state index in [1.165, 1.54) is 6.92 Å². The highest BCUT2D eigenvalue weighted by molar-refractivity contribution is 5.94. The predicted octanol–water partition coefficient (Wildman–Crippen LogP) is 1.57. The van der Waals surface area contributed by atoms with Crippen molar-refractivity contribution >= 4 is 17.8 Å². The number of carboxylic acids is 1. The third kappa shape index (κ3) is 5.20. The second-order valence-electron chi connectivity index (χ2n) is 5.26. The van der Waals surface area contributed by atoms with E-state index in [-0.39, 0.29) is 18.2 Å². The number of rotatable bonds is 8. The number of carbonyl (C=O) groups is 3. The van der Waals surface area contributed by atoms with Crippen molar-refractivity contribution in [3.8, 4) is 0 Å². The van der Waals surface area contributed by atoms with E-state index in [1.807, 2.05) is 6.07 Å². The maximum absolute atomic E-state index is 11.8. The molecule has 0 bridgehead atoms. The van der Waals surface area contributed by atoms with Crippen LogP contribution in [0.4, 0.5) is 0 Å². The van der Waals surface area contributed by atoms with Crippen molar-refractivity contribution in [2.45, 2.75) is 38.6 Å². The van der Waals surface area contributed by atoms with Crippen molar-refractivity contribution in [2.75, 3.05) is 6.54 Å². The Labute approximate surface area is 129 Å². The van der Waals surface area contributed by atoms with Gasteiger partial charge in [0.05, 0.1) is 0 Å². The van der Waals surface area contributed by atoms with Gasteiger partial charge >= 0.3 is 5.97 Å². The summed E-state index contributed by atoms with van der Waals surface area (Å²) in [5.41, 5.74) is -0.680. The van der Waals surface area contributed by atoms with E-state index in [1.54, 1.807) is 31.2 Å². The number of carbonyl (C=O) groups excluding carboxylic acids is 2. The number of aliphatic carboxylic acids is 1. The van der Waals surface area contributed by atoms with Gasteiger partial charge in [-0.2, -0.15) is 0 Å². The minimum Gasteiger partial charge on any atom is -0.480 e. The fourth-order valence-electron chi connectivity index (χ4n) is 1.81. The summed E-state index contributed by atoms with van der Waals surface area (Å²) in [7, 11) is 0. The summed E-state index contributed by atoms with van der Waals surface area (Å²) < 4.78 is 0. The van der Waals surface area contributed by atoms with Gasteiger partial charge in [0, 0.05) is 18.5 Å². The van der Waals surface area contributed by atoms with Gasteiger partial charge in [0.1, 0.15) is 5.54 Å². The van der Waals surface area contributed by atoms with Crippen LogP contribution in [0.5, 0.6) is 0 Å². The van der Waals surface area contributed by atoms with Crippen LogP contribution in [0.3, 0.4) is 0 Å². The lowest BCUT2D eigenvalue weighted by molar-refractivity contribution is -0.147. The minimum absolute atomic E-state index is 0.165. The maximum atomic E-state index is 11.8. The Bertz CT molecular complexity index is 530. The first-order valence-electron chi connectivity index (χ1n) is 7.26. The van der Waals surface area contributed by atoms with Crippen LogP contribution in [0, 0.1) is 0 Å². The van der Waals surface area contributed by atoms with Gasteiger partial charge in [0.2, 0.25) is 5.91 Å². The van der Waals surface area contributed by atoms with Crippen molar-refractivity contribution in [3.05, 3.63) is 35.9 Å².